The molecule has 0 fully saturated rings. The van der Waals surface area contributed by atoms with Crippen LogP contribution in [0.4, 0.5) is 5.69 Å². The van der Waals surface area contributed by atoms with Crippen molar-refractivity contribution in [2.24, 2.45) is 0 Å². The Morgan fingerprint density at radius 3 is 2.71 bits per heavy atom. The third-order valence-electron chi connectivity index (χ3n) is 3.86. The molecule has 2 heterocycles. The molecular weight excluding hydrogens is 260 g/mol. The summed E-state index contributed by atoms with van der Waals surface area (Å²) in [6.45, 7) is 5.16. The van der Waals surface area contributed by atoms with E-state index in [1.165, 1.54) is 16.8 Å². The van der Waals surface area contributed by atoms with Gasteiger partial charge >= 0.3 is 0 Å². The highest BCUT2D eigenvalue weighted by atomic mass is 14.9. The van der Waals surface area contributed by atoms with Gasteiger partial charge in [-0.15, -0.1) is 0 Å². The van der Waals surface area contributed by atoms with E-state index in [1.54, 1.807) is 12.4 Å². The highest BCUT2D eigenvalue weighted by Crippen LogP contribution is 2.23. The summed E-state index contributed by atoms with van der Waals surface area (Å²) in [5.74, 6) is 0. The lowest BCUT2D eigenvalue weighted by molar-refractivity contribution is 1.02. The van der Waals surface area contributed by atoms with Gasteiger partial charge in [-0.2, -0.15) is 0 Å². The van der Waals surface area contributed by atoms with Crippen molar-refractivity contribution in [1.29, 1.82) is 0 Å². The van der Waals surface area contributed by atoms with Gasteiger partial charge in [0.15, 0.2) is 5.65 Å². The van der Waals surface area contributed by atoms with Crippen LogP contribution in [-0.4, -0.2) is 15.0 Å². The standard InChI is InChI=1S/C17H20N4/c1-3-12-6-5-7-15(14(12)4-2)20-10-13-11-21-17-16(13)18-8-9-19-17/h5-9,11,20H,3-4,10H2,1-2H3,(H,19,21). The van der Waals surface area contributed by atoms with E-state index in [0.29, 0.717) is 0 Å². The van der Waals surface area contributed by atoms with Gasteiger partial charge in [0.1, 0.15) is 5.52 Å². The Kier molecular flexibility index (Phi) is 3.86. The number of aromatic nitrogens is 3. The van der Waals surface area contributed by atoms with Gasteiger partial charge in [-0.05, 0) is 30.0 Å². The quantitative estimate of drug-likeness (QED) is 0.749. The first-order valence-corrected chi connectivity index (χ1v) is 7.45. The minimum absolute atomic E-state index is 0.749. The number of benzene rings is 1. The number of rotatable bonds is 5. The second kappa shape index (κ2) is 5.95. The van der Waals surface area contributed by atoms with Crippen molar-refractivity contribution in [1.82, 2.24) is 15.0 Å². The molecule has 4 nitrogen and oxygen atoms in total. The predicted molar refractivity (Wildman–Crippen MR) is 86.4 cm³/mol. The van der Waals surface area contributed by atoms with E-state index < -0.39 is 0 Å². The van der Waals surface area contributed by atoms with Crippen molar-refractivity contribution in [2.75, 3.05) is 5.32 Å². The summed E-state index contributed by atoms with van der Waals surface area (Å²) < 4.78 is 0. The molecule has 0 spiro atoms. The molecule has 0 atom stereocenters. The zero-order valence-corrected chi connectivity index (χ0v) is 12.5. The molecule has 2 N–H and O–H groups in total. The van der Waals surface area contributed by atoms with Crippen molar-refractivity contribution >= 4 is 16.9 Å². The fourth-order valence-corrected chi connectivity index (χ4v) is 2.78. The normalized spacial score (nSPS) is 11.0. The highest BCUT2D eigenvalue weighted by molar-refractivity contribution is 5.75. The molecule has 0 aliphatic carbocycles. The van der Waals surface area contributed by atoms with E-state index >= 15 is 0 Å². The Balaban J connectivity index is 1.85. The number of aryl methyl sites for hydroxylation is 1. The van der Waals surface area contributed by atoms with Crippen molar-refractivity contribution in [3.8, 4) is 0 Å². The number of H-pyrrole nitrogens is 1. The van der Waals surface area contributed by atoms with Crippen LogP contribution in [0.15, 0.2) is 36.8 Å². The van der Waals surface area contributed by atoms with Crippen LogP contribution in [0.2, 0.25) is 0 Å². The first kappa shape index (κ1) is 13.6. The van der Waals surface area contributed by atoms with Crippen LogP contribution < -0.4 is 5.32 Å². The molecule has 0 saturated carbocycles. The fraction of sp³-hybridized carbons (Fsp3) is 0.294. The van der Waals surface area contributed by atoms with Gasteiger partial charge < -0.3 is 10.3 Å². The smallest absolute Gasteiger partial charge is 0.156 e. The Bertz CT molecular complexity index is 745. The number of aromatic amines is 1. The van der Waals surface area contributed by atoms with Gasteiger partial charge in [-0.3, -0.25) is 4.98 Å². The van der Waals surface area contributed by atoms with E-state index in [-0.39, 0.29) is 0 Å². The number of nitrogens with one attached hydrogen (secondary N) is 2. The van der Waals surface area contributed by atoms with Crippen LogP contribution in [0, 0.1) is 0 Å². The molecule has 0 unspecified atom stereocenters. The van der Waals surface area contributed by atoms with Crippen molar-refractivity contribution in [3.05, 3.63) is 53.5 Å². The van der Waals surface area contributed by atoms with Crippen molar-refractivity contribution in [3.63, 3.8) is 0 Å². The van der Waals surface area contributed by atoms with Gasteiger partial charge in [-0.1, -0.05) is 26.0 Å². The third kappa shape index (κ3) is 2.61. The number of hydrogen-bond acceptors (Lipinski definition) is 3. The van der Waals surface area contributed by atoms with E-state index in [4.69, 9.17) is 0 Å². The minimum atomic E-state index is 0.749. The monoisotopic (exact) mass is 280 g/mol. The Hall–Kier alpha value is -2.36. The molecule has 21 heavy (non-hydrogen) atoms. The summed E-state index contributed by atoms with van der Waals surface area (Å²) in [5, 5.41) is 3.55. The van der Waals surface area contributed by atoms with Crippen LogP contribution in [0.5, 0.6) is 0 Å². The average molecular weight is 280 g/mol. The number of hydrogen-bond donors (Lipinski definition) is 2. The van der Waals surface area contributed by atoms with Crippen molar-refractivity contribution in [2.45, 2.75) is 33.2 Å². The number of fused-ring (bicyclic) bond motifs is 1. The molecule has 3 rings (SSSR count). The topological polar surface area (TPSA) is 53.6 Å². The summed E-state index contributed by atoms with van der Waals surface area (Å²) in [6.07, 6.45) is 7.52. The first-order valence-electron chi connectivity index (χ1n) is 7.45. The molecule has 4 heteroatoms. The SMILES string of the molecule is CCc1cccc(NCc2c[nH]c3nccnc23)c1CC. The Morgan fingerprint density at radius 1 is 1.05 bits per heavy atom. The molecule has 0 aliphatic heterocycles. The van der Waals surface area contributed by atoms with E-state index in [1.807, 2.05) is 6.20 Å². The molecule has 108 valence electrons. The zero-order chi connectivity index (χ0) is 14.7. The summed E-state index contributed by atoms with van der Waals surface area (Å²) in [4.78, 5) is 11.8. The lowest BCUT2D eigenvalue weighted by atomic mass is 10.0. The maximum atomic E-state index is 4.40. The molecule has 0 radical (unpaired) electrons. The lowest BCUT2D eigenvalue weighted by Gasteiger charge is -2.14. The van der Waals surface area contributed by atoms with Gasteiger partial charge in [-0.25, -0.2) is 4.98 Å². The van der Waals surface area contributed by atoms with Crippen LogP contribution in [-0.2, 0) is 19.4 Å². The Labute approximate surface area is 124 Å². The second-order valence-electron chi connectivity index (χ2n) is 5.07. The molecule has 0 saturated heterocycles. The summed E-state index contributed by atoms with van der Waals surface area (Å²) in [6, 6.07) is 6.48. The van der Waals surface area contributed by atoms with Crippen LogP contribution >= 0.6 is 0 Å². The van der Waals surface area contributed by atoms with Crippen molar-refractivity contribution < 1.29 is 0 Å². The van der Waals surface area contributed by atoms with Crippen LogP contribution in [0.25, 0.3) is 11.2 Å². The summed E-state index contributed by atoms with van der Waals surface area (Å²) >= 11 is 0. The molecule has 1 aromatic carbocycles. The Morgan fingerprint density at radius 2 is 1.90 bits per heavy atom. The maximum absolute atomic E-state index is 4.40. The summed E-state index contributed by atoms with van der Waals surface area (Å²) in [7, 11) is 0. The highest BCUT2D eigenvalue weighted by Gasteiger charge is 2.08. The molecule has 2 aromatic heterocycles. The maximum Gasteiger partial charge on any atom is 0.156 e. The van der Waals surface area contributed by atoms with Crippen LogP contribution in [0.3, 0.4) is 0 Å². The van der Waals surface area contributed by atoms with Crippen LogP contribution in [0.1, 0.15) is 30.5 Å². The summed E-state index contributed by atoms with van der Waals surface area (Å²) in [5.41, 5.74) is 6.96. The first-order chi connectivity index (χ1) is 10.3. The zero-order valence-electron chi connectivity index (χ0n) is 12.5. The van der Waals surface area contributed by atoms with Gasteiger partial charge in [0.25, 0.3) is 0 Å². The molecule has 0 amide bonds. The molecular formula is C17H20N4. The molecule has 0 aliphatic rings. The average Bonchev–Trinajstić information content (AvgIpc) is 2.95. The van der Waals surface area contributed by atoms with E-state index in [2.05, 4.69) is 52.3 Å². The largest absolute Gasteiger partial charge is 0.381 e. The molecule has 3 aromatic rings. The number of anilines is 1. The second-order valence-corrected chi connectivity index (χ2v) is 5.07. The fourth-order valence-electron chi connectivity index (χ4n) is 2.78. The van der Waals surface area contributed by atoms with Gasteiger partial charge in [0.2, 0.25) is 0 Å². The van der Waals surface area contributed by atoms with Gasteiger partial charge in [0, 0.05) is 36.4 Å². The molecule has 0 bridgehead atoms. The van der Waals surface area contributed by atoms with E-state index in [0.717, 1.165) is 36.1 Å². The minimum Gasteiger partial charge on any atom is -0.381 e. The van der Waals surface area contributed by atoms with E-state index in [9.17, 15) is 0 Å². The number of nitrogens with zero attached hydrogens (tertiary/aromatic N) is 2. The predicted octanol–water partition coefficient (Wildman–Crippen LogP) is 3.69. The van der Waals surface area contributed by atoms with Gasteiger partial charge in [0.05, 0.1) is 0 Å². The third-order valence-corrected chi connectivity index (χ3v) is 3.86. The lowest BCUT2D eigenvalue weighted by Crippen LogP contribution is -2.04.